The highest BCUT2D eigenvalue weighted by Crippen LogP contribution is 2.28. The minimum absolute atomic E-state index is 0.0510. The lowest BCUT2D eigenvalue weighted by molar-refractivity contribution is 0.0615. The van der Waals surface area contributed by atoms with Crippen LogP contribution in [-0.2, 0) is 5.41 Å². The lowest BCUT2D eigenvalue weighted by Gasteiger charge is -2.18. The highest BCUT2D eigenvalue weighted by atomic mass is 16.5. The van der Waals surface area contributed by atoms with Gasteiger partial charge < -0.3 is 9.15 Å². The van der Waals surface area contributed by atoms with Crippen molar-refractivity contribution < 1.29 is 18.7 Å². The number of benzene rings is 3. The number of hydrogen-bond acceptors (Lipinski definition) is 7. The zero-order chi connectivity index (χ0) is 25.2. The molecule has 0 aliphatic carbocycles. The number of carbonyl (C=O) groups is 2. The molecule has 4 aromatic rings. The van der Waals surface area contributed by atoms with Gasteiger partial charge in [-0.1, -0.05) is 39.0 Å². The molecule has 1 heterocycles. The van der Waals surface area contributed by atoms with Crippen LogP contribution in [0.4, 0.5) is 0 Å². The van der Waals surface area contributed by atoms with E-state index in [-0.39, 0.29) is 16.5 Å². The number of methoxy groups -OCH3 is 1. The van der Waals surface area contributed by atoms with E-state index in [1.807, 2.05) is 24.3 Å². The predicted molar refractivity (Wildman–Crippen MR) is 132 cm³/mol. The number of nitrogens with zero attached hydrogens (tertiary/aromatic N) is 3. The third-order valence-electron chi connectivity index (χ3n) is 5.56. The molecule has 0 unspecified atom stereocenters. The lowest BCUT2D eigenvalue weighted by atomic mass is 9.87. The number of aromatic nitrogens is 2. The monoisotopic (exact) mass is 470 g/mol. The molecule has 2 N–H and O–H groups in total. The number of hydrazine groups is 1. The van der Waals surface area contributed by atoms with Crippen LogP contribution in [-0.4, -0.2) is 34.1 Å². The van der Waals surface area contributed by atoms with Gasteiger partial charge in [-0.15, -0.1) is 10.2 Å². The Labute approximate surface area is 203 Å². The van der Waals surface area contributed by atoms with E-state index in [9.17, 15) is 9.59 Å². The lowest BCUT2D eigenvalue weighted by Crippen LogP contribution is -2.42. The molecule has 1 aromatic heterocycles. The summed E-state index contributed by atoms with van der Waals surface area (Å²) in [5, 5.41) is 8.85. The van der Waals surface area contributed by atoms with E-state index in [4.69, 9.17) is 15.0 Å². The molecule has 8 nitrogen and oxygen atoms in total. The van der Waals surface area contributed by atoms with Gasteiger partial charge in [0.15, 0.2) is 0 Å². The van der Waals surface area contributed by atoms with Gasteiger partial charge in [0.1, 0.15) is 5.75 Å². The molecule has 0 radical (unpaired) electrons. The summed E-state index contributed by atoms with van der Waals surface area (Å²) in [6.45, 7) is 6.46. The maximum absolute atomic E-state index is 12.7. The first-order chi connectivity index (χ1) is 16.7. The second-order valence-corrected chi connectivity index (χ2v) is 9.03. The Kier molecular flexibility index (Phi) is 6.48. The summed E-state index contributed by atoms with van der Waals surface area (Å²) in [6.07, 6.45) is 0. The summed E-state index contributed by atoms with van der Waals surface area (Å²) in [7, 11) is 1.49. The topological polar surface area (TPSA) is 112 Å². The fourth-order valence-electron chi connectivity index (χ4n) is 3.45. The van der Waals surface area contributed by atoms with Crippen LogP contribution in [0.5, 0.6) is 5.75 Å². The zero-order valence-corrected chi connectivity index (χ0v) is 20.0. The van der Waals surface area contributed by atoms with Crippen LogP contribution in [0.1, 0.15) is 47.1 Å². The standard InChI is InChI=1S/C27H26N4O4/c1-27(2,3)21-14-12-18(13-15-21)24-30-29-23(35-24)17-8-10-19(11-9-17)25(32)31(28)26(33)20-6-5-7-22(16-20)34-4/h5-16H,28H2,1-4H3. The second-order valence-electron chi connectivity index (χ2n) is 9.03. The molecule has 0 spiro atoms. The van der Waals surface area contributed by atoms with Crippen molar-refractivity contribution in [1.29, 1.82) is 0 Å². The third-order valence-corrected chi connectivity index (χ3v) is 5.56. The average Bonchev–Trinajstić information content (AvgIpc) is 3.37. The van der Waals surface area contributed by atoms with Crippen molar-refractivity contribution in [2.24, 2.45) is 5.84 Å². The van der Waals surface area contributed by atoms with Gasteiger partial charge in [0.2, 0.25) is 11.8 Å². The van der Waals surface area contributed by atoms with Crippen LogP contribution in [0.15, 0.2) is 77.2 Å². The van der Waals surface area contributed by atoms with Crippen LogP contribution in [0.2, 0.25) is 0 Å². The second kappa shape index (κ2) is 9.52. The van der Waals surface area contributed by atoms with Crippen molar-refractivity contribution in [3.63, 3.8) is 0 Å². The smallest absolute Gasteiger partial charge is 0.275 e. The van der Waals surface area contributed by atoms with Crippen molar-refractivity contribution in [1.82, 2.24) is 15.2 Å². The number of amides is 2. The molecule has 0 saturated heterocycles. The van der Waals surface area contributed by atoms with Crippen molar-refractivity contribution in [3.05, 3.63) is 89.5 Å². The zero-order valence-electron chi connectivity index (χ0n) is 20.0. The molecule has 178 valence electrons. The average molecular weight is 471 g/mol. The van der Waals surface area contributed by atoms with Gasteiger partial charge in [0, 0.05) is 22.3 Å². The minimum atomic E-state index is -0.644. The number of rotatable bonds is 5. The maximum Gasteiger partial charge on any atom is 0.275 e. The summed E-state index contributed by atoms with van der Waals surface area (Å²) in [4.78, 5) is 25.4. The molecule has 3 aromatic carbocycles. The normalized spacial score (nSPS) is 11.2. The Morgan fingerprint density at radius 2 is 1.37 bits per heavy atom. The largest absolute Gasteiger partial charge is 0.497 e. The highest BCUT2D eigenvalue weighted by Gasteiger charge is 2.22. The van der Waals surface area contributed by atoms with Crippen LogP contribution in [0, 0.1) is 0 Å². The molecule has 4 rings (SSSR count). The first-order valence-corrected chi connectivity index (χ1v) is 11.0. The fraction of sp³-hybridized carbons (Fsp3) is 0.185. The van der Waals surface area contributed by atoms with Gasteiger partial charge in [-0.05, 0) is 65.6 Å². The first-order valence-electron chi connectivity index (χ1n) is 11.0. The molecule has 8 heteroatoms. The summed E-state index contributed by atoms with van der Waals surface area (Å²) >= 11 is 0. The maximum atomic E-state index is 12.7. The van der Waals surface area contributed by atoms with Crippen molar-refractivity contribution in [3.8, 4) is 28.7 Å². The van der Waals surface area contributed by atoms with E-state index >= 15 is 0 Å². The molecule has 0 aliphatic rings. The molecule has 0 atom stereocenters. The van der Waals surface area contributed by atoms with E-state index < -0.39 is 11.8 Å². The number of hydrogen-bond donors (Lipinski definition) is 1. The molecule has 35 heavy (non-hydrogen) atoms. The number of ether oxygens (including phenoxy) is 1. The van der Waals surface area contributed by atoms with Crippen LogP contribution >= 0.6 is 0 Å². The minimum Gasteiger partial charge on any atom is -0.497 e. The molecular weight excluding hydrogens is 444 g/mol. The number of imide groups is 1. The molecule has 0 aliphatic heterocycles. The summed E-state index contributed by atoms with van der Waals surface area (Å²) in [5.41, 5.74) is 3.19. The van der Waals surface area contributed by atoms with E-state index in [0.29, 0.717) is 28.1 Å². The van der Waals surface area contributed by atoms with Gasteiger partial charge in [-0.2, -0.15) is 0 Å². The fourth-order valence-corrected chi connectivity index (χ4v) is 3.45. The Balaban J connectivity index is 1.48. The Hall–Kier alpha value is -4.30. The van der Waals surface area contributed by atoms with Crippen LogP contribution in [0.3, 0.4) is 0 Å². The van der Waals surface area contributed by atoms with E-state index in [0.717, 1.165) is 5.56 Å². The van der Waals surface area contributed by atoms with Gasteiger partial charge in [0.25, 0.3) is 11.8 Å². The molecule has 0 fully saturated rings. The van der Waals surface area contributed by atoms with Crippen molar-refractivity contribution in [2.75, 3.05) is 7.11 Å². The molecule has 2 amide bonds. The predicted octanol–water partition coefficient (Wildman–Crippen LogP) is 4.87. The van der Waals surface area contributed by atoms with Gasteiger partial charge in [0.05, 0.1) is 7.11 Å². The van der Waals surface area contributed by atoms with Gasteiger partial charge in [-0.3, -0.25) is 9.59 Å². The molecule has 0 bridgehead atoms. The van der Waals surface area contributed by atoms with Gasteiger partial charge >= 0.3 is 0 Å². The first kappa shape index (κ1) is 23.8. The Morgan fingerprint density at radius 1 is 0.829 bits per heavy atom. The molecular formula is C27H26N4O4. The summed E-state index contributed by atoms with van der Waals surface area (Å²) in [5.74, 6) is 5.74. The number of carbonyl (C=O) groups excluding carboxylic acids is 2. The quantitative estimate of drug-likeness (QED) is 0.192. The van der Waals surface area contributed by atoms with E-state index in [1.165, 1.54) is 18.7 Å². The van der Waals surface area contributed by atoms with Crippen LogP contribution in [0.25, 0.3) is 22.9 Å². The Morgan fingerprint density at radius 3 is 1.91 bits per heavy atom. The molecule has 0 saturated carbocycles. The highest BCUT2D eigenvalue weighted by molar-refractivity contribution is 6.09. The van der Waals surface area contributed by atoms with Crippen molar-refractivity contribution in [2.45, 2.75) is 26.2 Å². The Bertz CT molecular complexity index is 1350. The van der Waals surface area contributed by atoms with Crippen molar-refractivity contribution >= 4 is 11.8 Å². The summed E-state index contributed by atoms with van der Waals surface area (Å²) in [6, 6.07) is 20.9. The SMILES string of the molecule is COc1cccc(C(=O)N(N)C(=O)c2ccc(-c3nnc(-c4ccc(C(C)(C)C)cc4)o3)cc2)c1. The summed E-state index contributed by atoms with van der Waals surface area (Å²) < 4.78 is 11.0. The van der Waals surface area contributed by atoms with E-state index in [2.05, 4.69) is 31.0 Å². The van der Waals surface area contributed by atoms with E-state index in [1.54, 1.807) is 42.5 Å². The van der Waals surface area contributed by atoms with Gasteiger partial charge in [-0.25, -0.2) is 10.9 Å². The third kappa shape index (κ3) is 5.12. The number of nitrogens with two attached hydrogens (primary N) is 1. The van der Waals surface area contributed by atoms with Crippen LogP contribution < -0.4 is 10.6 Å².